The van der Waals surface area contributed by atoms with Crippen LogP contribution >= 0.6 is 0 Å². The van der Waals surface area contributed by atoms with E-state index in [9.17, 15) is 4.79 Å². The SMILES string of the molecule is CCCCCCC=C(C#N)C(=O)OCC(C)C. The molecular formula is C14H23NO2. The third-order valence-electron chi connectivity index (χ3n) is 2.29. The quantitative estimate of drug-likeness (QED) is 0.280. The van der Waals surface area contributed by atoms with Crippen molar-refractivity contribution in [3.8, 4) is 6.07 Å². The van der Waals surface area contributed by atoms with Crippen molar-refractivity contribution in [2.24, 2.45) is 5.92 Å². The first-order valence-corrected chi connectivity index (χ1v) is 6.39. The van der Waals surface area contributed by atoms with E-state index in [2.05, 4.69) is 6.92 Å². The number of nitrogens with zero attached hydrogens (tertiary/aromatic N) is 1. The number of ether oxygens (including phenoxy) is 1. The smallest absolute Gasteiger partial charge is 0.348 e. The predicted octanol–water partition coefficient (Wildman–Crippen LogP) is 3.61. The molecule has 96 valence electrons. The fraction of sp³-hybridized carbons (Fsp3) is 0.714. The highest BCUT2D eigenvalue weighted by molar-refractivity contribution is 5.92. The van der Waals surface area contributed by atoms with E-state index >= 15 is 0 Å². The van der Waals surface area contributed by atoms with Gasteiger partial charge in [-0.2, -0.15) is 5.26 Å². The highest BCUT2D eigenvalue weighted by Crippen LogP contribution is 2.07. The van der Waals surface area contributed by atoms with Crippen LogP contribution in [0.1, 0.15) is 52.9 Å². The molecule has 0 rings (SSSR count). The Hall–Kier alpha value is -1.30. The monoisotopic (exact) mass is 237 g/mol. The van der Waals surface area contributed by atoms with Gasteiger partial charge >= 0.3 is 5.97 Å². The zero-order chi connectivity index (χ0) is 13.1. The molecule has 0 aromatic rings. The molecule has 0 spiro atoms. The molecule has 0 radical (unpaired) electrons. The van der Waals surface area contributed by atoms with E-state index in [1.165, 1.54) is 12.8 Å². The first-order chi connectivity index (χ1) is 8.11. The Kier molecular flexibility index (Phi) is 9.14. The average molecular weight is 237 g/mol. The van der Waals surface area contributed by atoms with Gasteiger partial charge in [0.15, 0.2) is 0 Å². The minimum Gasteiger partial charge on any atom is -0.461 e. The minimum absolute atomic E-state index is 0.141. The van der Waals surface area contributed by atoms with Gasteiger partial charge < -0.3 is 4.74 Å². The van der Waals surface area contributed by atoms with Crippen LogP contribution in [0.25, 0.3) is 0 Å². The number of allylic oxidation sites excluding steroid dienone is 1. The molecule has 0 aliphatic heterocycles. The highest BCUT2D eigenvalue weighted by Gasteiger charge is 2.10. The van der Waals surface area contributed by atoms with E-state index < -0.39 is 5.97 Å². The summed E-state index contributed by atoms with van der Waals surface area (Å²) in [4.78, 5) is 11.5. The lowest BCUT2D eigenvalue weighted by molar-refractivity contribution is -0.139. The van der Waals surface area contributed by atoms with Crippen LogP contribution in [0.15, 0.2) is 11.6 Å². The fourth-order valence-electron chi connectivity index (χ4n) is 1.31. The molecule has 3 heteroatoms. The van der Waals surface area contributed by atoms with Crippen molar-refractivity contribution in [3.63, 3.8) is 0 Å². The van der Waals surface area contributed by atoms with Crippen LogP contribution in [-0.4, -0.2) is 12.6 Å². The molecule has 0 amide bonds. The largest absolute Gasteiger partial charge is 0.461 e. The Morgan fingerprint density at radius 3 is 2.59 bits per heavy atom. The molecule has 0 fully saturated rings. The normalized spacial score (nSPS) is 11.4. The molecule has 0 unspecified atom stereocenters. The Morgan fingerprint density at radius 1 is 1.35 bits per heavy atom. The summed E-state index contributed by atoms with van der Waals surface area (Å²) in [6.07, 6.45) is 7.03. The van der Waals surface area contributed by atoms with E-state index in [-0.39, 0.29) is 5.57 Å². The molecular weight excluding hydrogens is 214 g/mol. The summed E-state index contributed by atoms with van der Waals surface area (Å²) in [5, 5.41) is 8.85. The highest BCUT2D eigenvalue weighted by atomic mass is 16.5. The molecule has 0 bridgehead atoms. The standard InChI is InChI=1S/C14H23NO2/c1-4-5-6-7-8-9-13(10-15)14(16)17-11-12(2)3/h9,12H,4-8,11H2,1-3H3. The maximum atomic E-state index is 11.5. The van der Waals surface area contributed by atoms with Gasteiger partial charge in [0.25, 0.3) is 0 Å². The summed E-state index contributed by atoms with van der Waals surface area (Å²) in [6, 6.07) is 1.90. The summed E-state index contributed by atoms with van der Waals surface area (Å²) in [5.74, 6) is -0.194. The zero-order valence-corrected chi connectivity index (χ0v) is 11.2. The second-order valence-corrected chi connectivity index (χ2v) is 4.57. The Labute approximate surface area is 104 Å². The van der Waals surface area contributed by atoms with E-state index in [1.54, 1.807) is 6.08 Å². The van der Waals surface area contributed by atoms with Crippen LogP contribution in [0.2, 0.25) is 0 Å². The lowest BCUT2D eigenvalue weighted by atomic mass is 10.1. The summed E-state index contributed by atoms with van der Waals surface area (Å²) in [6.45, 7) is 6.45. The number of unbranched alkanes of at least 4 members (excludes halogenated alkanes) is 4. The van der Waals surface area contributed by atoms with Crippen molar-refractivity contribution in [1.29, 1.82) is 5.26 Å². The van der Waals surface area contributed by atoms with Crippen molar-refractivity contribution in [1.82, 2.24) is 0 Å². The molecule has 0 aliphatic rings. The van der Waals surface area contributed by atoms with Gasteiger partial charge in [0.05, 0.1) is 6.61 Å². The van der Waals surface area contributed by atoms with E-state index in [0.29, 0.717) is 12.5 Å². The lowest BCUT2D eigenvalue weighted by Gasteiger charge is -2.05. The third kappa shape index (κ3) is 8.50. The molecule has 17 heavy (non-hydrogen) atoms. The van der Waals surface area contributed by atoms with Gasteiger partial charge in [0.2, 0.25) is 0 Å². The number of hydrogen-bond donors (Lipinski definition) is 0. The van der Waals surface area contributed by atoms with Crippen molar-refractivity contribution in [3.05, 3.63) is 11.6 Å². The van der Waals surface area contributed by atoms with Crippen molar-refractivity contribution in [2.75, 3.05) is 6.61 Å². The third-order valence-corrected chi connectivity index (χ3v) is 2.29. The Morgan fingerprint density at radius 2 is 2.06 bits per heavy atom. The maximum Gasteiger partial charge on any atom is 0.348 e. The zero-order valence-electron chi connectivity index (χ0n) is 11.2. The molecule has 0 aliphatic carbocycles. The topological polar surface area (TPSA) is 50.1 Å². The second-order valence-electron chi connectivity index (χ2n) is 4.57. The van der Waals surface area contributed by atoms with Crippen LogP contribution in [0.5, 0.6) is 0 Å². The van der Waals surface area contributed by atoms with Crippen molar-refractivity contribution < 1.29 is 9.53 Å². The van der Waals surface area contributed by atoms with Gasteiger partial charge in [-0.15, -0.1) is 0 Å². The molecule has 0 aromatic heterocycles. The molecule has 0 saturated carbocycles. The number of esters is 1. The van der Waals surface area contributed by atoms with Crippen LogP contribution in [-0.2, 0) is 9.53 Å². The van der Waals surface area contributed by atoms with Gasteiger partial charge in [-0.25, -0.2) is 4.79 Å². The number of carbonyl (C=O) groups excluding carboxylic acids is 1. The summed E-state index contributed by atoms with van der Waals surface area (Å²) < 4.78 is 5.00. The fourth-order valence-corrected chi connectivity index (χ4v) is 1.31. The lowest BCUT2D eigenvalue weighted by Crippen LogP contribution is -2.11. The summed E-state index contributed by atoms with van der Waals surface area (Å²) in [7, 11) is 0. The second kappa shape index (κ2) is 9.89. The average Bonchev–Trinajstić information content (AvgIpc) is 2.31. The van der Waals surface area contributed by atoms with Gasteiger partial charge in [-0.3, -0.25) is 0 Å². The number of carbonyl (C=O) groups is 1. The maximum absolute atomic E-state index is 11.5. The molecule has 3 nitrogen and oxygen atoms in total. The first-order valence-electron chi connectivity index (χ1n) is 6.39. The van der Waals surface area contributed by atoms with Crippen LogP contribution < -0.4 is 0 Å². The van der Waals surface area contributed by atoms with Crippen LogP contribution in [0.3, 0.4) is 0 Å². The molecule has 0 atom stereocenters. The summed E-state index contributed by atoms with van der Waals surface area (Å²) >= 11 is 0. The van der Waals surface area contributed by atoms with Crippen LogP contribution in [0.4, 0.5) is 0 Å². The van der Waals surface area contributed by atoms with Gasteiger partial charge in [0.1, 0.15) is 11.6 Å². The van der Waals surface area contributed by atoms with Gasteiger partial charge in [0, 0.05) is 0 Å². The minimum atomic E-state index is -0.489. The number of hydrogen-bond acceptors (Lipinski definition) is 3. The van der Waals surface area contributed by atoms with Gasteiger partial charge in [-0.05, 0) is 18.8 Å². The molecule has 0 aromatic carbocycles. The summed E-state index contributed by atoms with van der Waals surface area (Å²) in [5.41, 5.74) is 0.141. The van der Waals surface area contributed by atoms with Crippen molar-refractivity contribution in [2.45, 2.75) is 52.9 Å². The Balaban J connectivity index is 4.00. The van der Waals surface area contributed by atoms with E-state index in [1.807, 2.05) is 19.9 Å². The number of nitriles is 1. The molecule has 0 N–H and O–H groups in total. The van der Waals surface area contributed by atoms with E-state index in [4.69, 9.17) is 10.00 Å². The number of rotatable bonds is 8. The first kappa shape index (κ1) is 15.7. The van der Waals surface area contributed by atoms with Crippen LogP contribution in [0, 0.1) is 17.2 Å². The van der Waals surface area contributed by atoms with E-state index in [0.717, 1.165) is 19.3 Å². The van der Waals surface area contributed by atoms with Crippen molar-refractivity contribution >= 4 is 5.97 Å². The molecule has 0 saturated heterocycles. The Bertz CT molecular complexity index is 287. The van der Waals surface area contributed by atoms with Gasteiger partial charge in [-0.1, -0.05) is 46.1 Å². The molecule has 0 heterocycles. The predicted molar refractivity (Wildman–Crippen MR) is 68.3 cm³/mol.